The first-order valence-electron chi connectivity index (χ1n) is 8.61. The Morgan fingerprint density at radius 1 is 1.32 bits per heavy atom. The second-order valence-corrected chi connectivity index (χ2v) is 8.08. The van der Waals surface area contributed by atoms with E-state index in [4.69, 9.17) is 0 Å². The van der Waals surface area contributed by atoms with E-state index in [1.807, 2.05) is 27.7 Å². The van der Waals surface area contributed by atoms with Gasteiger partial charge < -0.3 is 15.3 Å². The second-order valence-electron chi connectivity index (χ2n) is 8.08. The molecule has 3 atom stereocenters. The lowest BCUT2D eigenvalue weighted by molar-refractivity contribution is -0.143. The Labute approximate surface area is 148 Å². The molecule has 0 aromatic heterocycles. The number of carboxylic acids is 1. The third-order valence-corrected chi connectivity index (χ3v) is 4.61. The van der Waals surface area contributed by atoms with E-state index >= 15 is 0 Å². The second kappa shape index (κ2) is 7.42. The van der Waals surface area contributed by atoms with E-state index in [1.54, 1.807) is 17.0 Å². The molecule has 1 fully saturated rings. The number of carbonyl (C=O) groups excluding carboxylic acids is 1. The van der Waals surface area contributed by atoms with Crippen molar-refractivity contribution in [3.05, 3.63) is 35.6 Å². The molecule has 2 rings (SSSR count). The van der Waals surface area contributed by atoms with E-state index in [-0.39, 0.29) is 35.8 Å². The summed E-state index contributed by atoms with van der Waals surface area (Å²) in [5.41, 5.74) is 0.373. The van der Waals surface area contributed by atoms with Gasteiger partial charge in [-0.05, 0) is 35.4 Å². The van der Waals surface area contributed by atoms with Crippen molar-refractivity contribution < 1.29 is 19.1 Å². The Morgan fingerprint density at radius 2 is 2.00 bits per heavy atom. The van der Waals surface area contributed by atoms with Crippen LogP contribution in [-0.2, 0) is 4.79 Å². The Morgan fingerprint density at radius 3 is 2.56 bits per heavy atom. The van der Waals surface area contributed by atoms with Gasteiger partial charge in [-0.3, -0.25) is 4.79 Å². The number of rotatable bonds is 3. The first kappa shape index (κ1) is 19.2. The molecule has 0 bridgehead atoms. The number of carbonyl (C=O) groups is 2. The van der Waals surface area contributed by atoms with Crippen molar-refractivity contribution in [2.24, 2.45) is 17.3 Å². The lowest BCUT2D eigenvalue weighted by Gasteiger charge is -2.38. The molecule has 0 saturated carbocycles. The van der Waals surface area contributed by atoms with Gasteiger partial charge in [0, 0.05) is 13.1 Å². The van der Waals surface area contributed by atoms with Crippen molar-refractivity contribution in [2.75, 3.05) is 13.1 Å². The summed E-state index contributed by atoms with van der Waals surface area (Å²) in [5, 5.41) is 12.3. The monoisotopic (exact) mass is 350 g/mol. The summed E-state index contributed by atoms with van der Waals surface area (Å²) in [5.74, 6) is -1.64. The van der Waals surface area contributed by atoms with Crippen LogP contribution in [0.4, 0.5) is 9.18 Å². The number of carboxylic acid groups (broad SMARTS) is 1. The summed E-state index contributed by atoms with van der Waals surface area (Å²) in [6, 6.07) is 5.53. The van der Waals surface area contributed by atoms with Crippen LogP contribution in [0.3, 0.4) is 0 Å². The van der Waals surface area contributed by atoms with Gasteiger partial charge >= 0.3 is 12.0 Å². The summed E-state index contributed by atoms with van der Waals surface area (Å²) in [4.78, 5) is 25.6. The highest BCUT2D eigenvalue weighted by Crippen LogP contribution is 2.33. The van der Waals surface area contributed by atoms with Crippen LogP contribution in [0.5, 0.6) is 0 Å². The number of aliphatic carboxylic acids is 1. The van der Waals surface area contributed by atoms with E-state index in [2.05, 4.69) is 5.32 Å². The van der Waals surface area contributed by atoms with Gasteiger partial charge in [0.25, 0.3) is 0 Å². The predicted molar refractivity (Wildman–Crippen MR) is 93.6 cm³/mol. The van der Waals surface area contributed by atoms with Crippen LogP contribution in [0.15, 0.2) is 24.3 Å². The summed E-state index contributed by atoms with van der Waals surface area (Å²) < 4.78 is 13.6. The molecule has 0 spiro atoms. The molecule has 1 heterocycles. The zero-order valence-corrected chi connectivity index (χ0v) is 15.3. The van der Waals surface area contributed by atoms with Crippen molar-refractivity contribution in [3.63, 3.8) is 0 Å². The Balaban J connectivity index is 2.18. The molecular weight excluding hydrogens is 323 g/mol. The minimum atomic E-state index is -0.873. The van der Waals surface area contributed by atoms with E-state index in [9.17, 15) is 19.1 Å². The van der Waals surface area contributed by atoms with Crippen LogP contribution < -0.4 is 5.32 Å². The first-order valence-corrected chi connectivity index (χ1v) is 8.61. The van der Waals surface area contributed by atoms with Crippen molar-refractivity contribution >= 4 is 12.0 Å². The van der Waals surface area contributed by atoms with E-state index in [0.29, 0.717) is 18.5 Å². The summed E-state index contributed by atoms with van der Waals surface area (Å²) in [7, 11) is 0. The maximum atomic E-state index is 13.6. The molecule has 6 heteroatoms. The van der Waals surface area contributed by atoms with Gasteiger partial charge in [-0.15, -0.1) is 0 Å². The maximum absolute atomic E-state index is 13.6. The normalized spacial score (nSPS) is 22.4. The van der Waals surface area contributed by atoms with Gasteiger partial charge in [0.1, 0.15) is 5.82 Å². The zero-order chi connectivity index (χ0) is 18.8. The highest BCUT2D eigenvalue weighted by Gasteiger charge is 2.34. The molecule has 2 N–H and O–H groups in total. The topological polar surface area (TPSA) is 69.6 Å². The number of nitrogens with zero attached hydrogens (tertiary/aromatic N) is 1. The molecule has 25 heavy (non-hydrogen) atoms. The van der Waals surface area contributed by atoms with E-state index in [0.717, 1.165) is 0 Å². The maximum Gasteiger partial charge on any atom is 0.317 e. The number of hydrogen-bond acceptors (Lipinski definition) is 2. The van der Waals surface area contributed by atoms with Crippen molar-refractivity contribution in [1.82, 2.24) is 10.2 Å². The fourth-order valence-electron chi connectivity index (χ4n) is 3.40. The largest absolute Gasteiger partial charge is 0.481 e. The SMILES string of the molecule is CC1CC(C(=O)O)CN(C(=O)NC(c2cccc(F)c2)C(C)(C)C)C1. The molecule has 2 amide bonds. The fourth-order valence-corrected chi connectivity index (χ4v) is 3.40. The highest BCUT2D eigenvalue weighted by molar-refractivity contribution is 5.77. The standard InChI is InChI=1S/C19H27FN2O3/c1-12-8-14(17(23)24)11-22(10-12)18(25)21-16(19(2,3)4)13-6-5-7-15(20)9-13/h5-7,9,12,14,16H,8,10-11H2,1-4H3,(H,21,25)(H,23,24). The molecule has 3 unspecified atom stereocenters. The van der Waals surface area contributed by atoms with Crippen LogP contribution >= 0.6 is 0 Å². The quantitative estimate of drug-likeness (QED) is 0.874. The third-order valence-electron chi connectivity index (χ3n) is 4.61. The zero-order valence-electron chi connectivity index (χ0n) is 15.3. The van der Waals surface area contributed by atoms with Crippen LogP contribution in [-0.4, -0.2) is 35.1 Å². The minimum Gasteiger partial charge on any atom is -0.481 e. The molecule has 0 radical (unpaired) electrons. The number of nitrogens with one attached hydrogen (secondary N) is 1. The Hall–Kier alpha value is -2.11. The van der Waals surface area contributed by atoms with E-state index < -0.39 is 11.9 Å². The molecule has 1 aromatic carbocycles. The first-order chi connectivity index (χ1) is 11.6. The average molecular weight is 350 g/mol. The number of piperidine rings is 1. The van der Waals surface area contributed by atoms with Gasteiger partial charge in [0.15, 0.2) is 0 Å². The molecule has 138 valence electrons. The van der Waals surface area contributed by atoms with Crippen molar-refractivity contribution in [2.45, 2.75) is 40.2 Å². The average Bonchev–Trinajstić information content (AvgIpc) is 2.50. The number of likely N-dealkylation sites (tertiary alicyclic amines) is 1. The summed E-state index contributed by atoms with van der Waals surface area (Å²) in [6.07, 6.45) is 0.575. The van der Waals surface area contributed by atoms with Gasteiger partial charge in [-0.25, -0.2) is 9.18 Å². The number of halogens is 1. The van der Waals surface area contributed by atoms with Gasteiger partial charge in [-0.1, -0.05) is 39.8 Å². The lowest BCUT2D eigenvalue weighted by Crippen LogP contribution is -2.51. The van der Waals surface area contributed by atoms with Crippen LogP contribution in [0.25, 0.3) is 0 Å². The Bertz CT molecular complexity index is 642. The highest BCUT2D eigenvalue weighted by atomic mass is 19.1. The molecule has 1 aliphatic heterocycles. The summed E-state index contributed by atoms with van der Waals surface area (Å²) in [6.45, 7) is 8.59. The minimum absolute atomic E-state index is 0.128. The Kier molecular flexibility index (Phi) is 5.70. The van der Waals surface area contributed by atoms with Gasteiger partial charge in [0.05, 0.1) is 12.0 Å². The number of benzene rings is 1. The number of hydrogen-bond donors (Lipinski definition) is 2. The number of amides is 2. The molecule has 1 aliphatic rings. The number of urea groups is 1. The molecular formula is C19H27FN2O3. The third kappa shape index (κ3) is 4.94. The van der Waals surface area contributed by atoms with Crippen LogP contribution in [0, 0.1) is 23.1 Å². The fraction of sp³-hybridized carbons (Fsp3) is 0.579. The lowest BCUT2D eigenvalue weighted by atomic mass is 9.82. The molecule has 1 aromatic rings. The van der Waals surface area contributed by atoms with Crippen molar-refractivity contribution in [1.29, 1.82) is 0 Å². The summed E-state index contributed by atoms with van der Waals surface area (Å²) >= 11 is 0. The molecule has 0 aliphatic carbocycles. The molecule has 1 saturated heterocycles. The van der Waals surface area contributed by atoms with Gasteiger partial charge in [-0.2, -0.15) is 0 Å². The van der Waals surface area contributed by atoms with Gasteiger partial charge in [0.2, 0.25) is 0 Å². The molecule has 5 nitrogen and oxygen atoms in total. The predicted octanol–water partition coefficient (Wildman–Crippen LogP) is 3.67. The van der Waals surface area contributed by atoms with E-state index in [1.165, 1.54) is 12.1 Å². The smallest absolute Gasteiger partial charge is 0.317 e. The van der Waals surface area contributed by atoms with Crippen molar-refractivity contribution in [3.8, 4) is 0 Å². The van der Waals surface area contributed by atoms with Crippen LogP contribution in [0.1, 0.15) is 45.7 Å². The van der Waals surface area contributed by atoms with Crippen LogP contribution in [0.2, 0.25) is 0 Å².